The summed E-state index contributed by atoms with van der Waals surface area (Å²) in [4.78, 5) is 23.4. The largest absolute Gasteiger partial charge is 0.354 e. The molecule has 0 radical (unpaired) electrons. The lowest BCUT2D eigenvalue weighted by atomic mass is 9.89. The predicted octanol–water partition coefficient (Wildman–Crippen LogP) is 1.06. The molecule has 122 valence electrons. The Hall–Kier alpha value is -0.810. The lowest BCUT2D eigenvalue weighted by molar-refractivity contribution is -0.127. The smallest absolute Gasteiger partial charge is 0.239 e. The van der Waals surface area contributed by atoms with Gasteiger partial charge in [-0.25, -0.2) is 0 Å². The molecule has 0 saturated heterocycles. The van der Waals surface area contributed by atoms with Crippen molar-refractivity contribution in [3.8, 4) is 0 Å². The minimum atomic E-state index is -0.548. The molecule has 2 aliphatic rings. The second-order valence-electron chi connectivity index (χ2n) is 6.73. The van der Waals surface area contributed by atoms with Crippen molar-refractivity contribution in [1.82, 2.24) is 10.6 Å². The SMILES string of the molecule is CC(C)[C@H](N)C(=O)NCC(=O)NCC1CC2CCC1C2.Cl. The van der Waals surface area contributed by atoms with Gasteiger partial charge in [-0.15, -0.1) is 12.4 Å². The zero-order valence-corrected chi connectivity index (χ0v) is 13.7. The van der Waals surface area contributed by atoms with Crippen molar-refractivity contribution in [2.45, 2.75) is 45.6 Å². The summed E-state index contributed by atoms with van der Waals surface area (Å²) >= 11 is 0. The monoisotopic (exact) mass is 317 g/mol. The van der Waals surface area contributed by atoms with Gasteiger partial charge in [0.2, 0.25) is 11.8 Å². The molecule has 3 unspecified atom stereocenters. The van der Waals surface area contributed by atoms with Crippen molar-refractivity contribution in [2.24, 2.45) is 29.4 Å². The number of amides is 2. The van der Waals surface area contributed by atoms with E-state index in [0.717, 1.165) is 18.4 Å². The third-order valence-electron chi connectivity index (χ3n) is 4.89. The first-order valence-corrected chi connectivity index (χ1v) is 7.77. The van der Waals surface area contributed by atoms with Gasteiger partial charge in [0.1, 0.15) is 0 Å². The van der Waals surface area contributed by atoms with Gasteiger partial charge >= 0.3 is 0 Å². The Morgan fingerprint density at radius 1 is 1.19 bits per heavy atom. The van der Waals surface area contributed by atoms with Crippen LogP contribution in [0.5, 0.6) is 0 Å². The van der Waals surface area contributed by atoms with Gasteiger partial charge in [-0.2, -0.15) is 0 Å². The molecule has 4 N–H and O–H groups in total. The molecule has 21 heavy (non-hydrogen) atoms. The van der Waals surface area contributed by atoms with E-state index in [-0.39, 0.29) is 36.7 Å². The van der Waals surface area contributed by atoms with Crippen LogP contribution in [0.25, 0.3) is 0 Å². The van der Waals surface area contributed by atoms with Crippen LogP contribution in [0.2, 0.25) is 0 Å². The number of nitrogens with one attached hydrogen (secondary N) is 2. The predicted molar refractivity (Wildman–Crippen MR) is 85.0 cm³/mol. The van der Waals surface area contributed by atoms with Crippen molar-refractivity contribution >= 4 is 24.2 Å². The summed E-state index contributed by atoms with van der Waals surface area (Å²) < 4.78 is 0. The van der Waals surface area contributed by atoms with Crippen LogP contribution in [0, 0.1) is 23.7 Å². The summed E-state index contributed by atoms with van der Waals surface area (Å²) in [6.07, 6.45) is 5.31. The van der Waals surface area contributed by atoms with Crippen LogP contribution in [-0.2, 0) is 9.59 Å². The van der Waals surface area contributed by atoms with Crippen LogP contribution in [0.3, 0.4) is 0 Å². The Kier molecular flexibility index (Phi) is 6.94. The van der Waals surface area contributed by atoms with Crippen molar-refractivity contribution in [1.29, 1.82) is 0 Å². The highest BCUT2D eigenvalue weighted by Crippen LogP contribution is 2.47. The van der Waals surface area contributed by atoms with Crippen molar-refractivity contribution in [2.75, 3.05) is 13.1 Å². The van der Waals surface area contributed by atoms with Crippen molar-refractivity contribution in [3.63, 3.8) is 0 Å². The van der Waals surface area contributed by atoms with E-state index >= 15 is 0 Å². The highest BCUT2D eigenvalue weighted by Gasteiger charge is 2.39. The molecule has 6 heteroatoms. The topological polar surface area (TPSA) is 84.2 Å². The maximum absolute atomic E-state index is 11.7. The molecular weight excluding hydrogens is 290 g/mol. The fraction of sp³-hybridized carbons (Fsp3) is 0.867. The van der Waals surface area contributed by atoms with Crippen molar-refractivity contribution in [3.05, 3.63) is 0 Å². The highest BCUT2D eigenvalue weighted by molar-refractivity contribution is 5.87. The first-order valence-electron chi connectivity index (χ1n) is 7.77. The van der Waals surface area contributed by atoms with Gasteiger partial charge in [-0.05, 0) is 42.9 Å². The zero-order chi connectivity index (χ0) is 14.7. The van der Waals surface area contributed by atoms with Crippen LogP contribution in [0.15, 0.2) is 0 Å². The third-order valence-corrected chi connectivity index (χ3v) is 4.89. The summed E-state index contributed by atoms with van der Waals surface area (Å²) in [5, 5.41) is 5.54. The molecule has 0 spiro atoms. The van der Waals surface area contributed by atoms with Gasteiger partial charge in [0.15, 0.2) is 0 Å². The maximum Gasteiger partial charge on any atom is 0.239 e. The fourth-order valence-electron chi connectivity index (χ4n) is 3.52. The van der Waals surface area contributed by atoms with Crippen LogP contribution in [0.4, 0.5) is 0 Å². The number of rotatable bonds is 6. The van der Waals surface area contributed by atoms with Crippen LogP contribution >= 0.6 is 12.4 Å². The zero-order valence-electron chi connectivity index (χ0n) is 12.9. The molecule has 0 heterocycles. The van der Waals surface area contributed by atoms with E-state index in [2.05, 4.69) is 10.6 Å². The van der Waals surface area contributed by atoms with E-state index in [1.807, 2.05) is 13.8 Å². The minimum Gasteiger partial charge on any atom is -0.354 e. The van der Waals surface area contributed by atoms with E-state index in [0.29, 0.717) is 5.92 Å². The van der Waals surface area contributed by atoms with Crippen LogP contribution in [-0.4, -0.2) is 30.9 Å². The lowest BCUT2D eigenvalue weighted by Gasteiger charge is -2.22. The van der Waals surface area contributed by atoms with E-state index in [1.54, 1.807) is 0 Å². The average Bonchev–Trinajstić information content (AvgIpc) is 3.03. The minimum absolute atomic E-state index is 0. The lowest BCUT2D eigenvalue weighted by Crippen LogP contribution is -2.47. The number of nitrogens with two attached hydrogens (primary N) is 1. The van der Waals surface area contributed by atoms with Gasteiger partial charge < -0.3 is 16.4 Å². The number of hydrogen-bond donors (Lipinski definition) is 3. The second kappa shape index (κ2) is 7.99. The molecule has 5 nitrogen and oxygen atoms in total. The standard InChI is InChI=1S/C15H27N3O2.ClH/c1-9(2)14(16)15(20)18-8-13(19)17-7-12-6-10-3-4-11(12)5-10;/h9-12,14H,3-8,16H2,1-2H3,(H,17,19)(H,18,20);1H/t10?,11?,12?,14-;/m0./s1. The van der Waals surface area contributed by atoms with E-state index in [4.69, 9.17) is 5.73 Å². The number of halogens is 1. The van der Waals surface area contributed by atoms with E-state index in [9.17, 15) is 9.59 Å². The van der Waals surface area contributed by atoms with Crippen molar-refractivity contribution < 1.29 is 9.59 Å². The van der Waals surface area contributed by atoms with Crippen LogP contribution < -0.4 is 16.4 Å². The number of hydrogen-bond acceptors (Lipinski definition) is 3. The van der Waals surface area contributed by atoms with E-state index < -0.39 is 6.04 Å². The summed E-state index contributed by atoms with van der Waals surface area (Å²) in [7, 11) is 0. The molecule has 0 aromatic carbocycles. The van der Waals surface area contributed by atoms with Gasteiger partial charge in [0.25, 0.3) is 0 Å². The Balaban J connectivity index is 0.00000220. The summed E-state index contributed by atoms with van der Waals surface area (Å²) in [5.74, 6) is 2.06. The first-order chi connectivity index (χ1) is 9.47. The molecule has 2 fully saturated rings. The quantitative estimate of drug-likeness (QED) is 0.685. The van der Waals surface area contributed by atoms with Gasteiger partial charge in [0.05, 0.1) is 12.6 Å². The maximum atomic E-state index is 11.7. The van der Waals surface area contributed by atoms with Crippen LogP contribution in [0.1, 0.15) is 39.5 Å². The number of fused-ring (bicyclic) bond motifs is 2. The third kappa shape index (κ3) is 4.85. The molecule has 4 atom stereocenters. The second-order valence-corrected chi connectivity index (χ2v) is 6.73. The Morgan fingerprint density at radius 3 is 2.43 bits per heavy atom. The fourth-order valence-corrected chi connectivity index (χ4v) is 3.52. The Morgan fingerprint density at radius 2 is 1.90 bits per heavy atom. The molecule has 2 aliphatic carbocycles. The highest BCUT2D eigenvalue weighted by atomic mass is 35.5. The Labute approximate surface area is 133 Å². The molecule has 2 saturated carbocycles. The Bertz CT molecular complexity index is 376. The average molecular weight is 318 g/mol. The molecule has 2 bridgehead atoms. The summed E-state index contributed by atoms with van der Waals surface area (Å²) in [6, 6.07) is -0.548. The number of carbonyl (C=O) groups is 2. The van der Waals surface area contributed by atoms with Gasteiger partial charge in [0, 0.05) is 6.54 Å². The van der Waals surface area contributed by atoms with Gasteiger partial charge in [-0.1, -0.05) is 20.3 Å². The molecule has 2 amide bonds. The molecule has 0 aromatic heterocycles. The normalized spacial score (nSPS) is 28.1. The molecule has 0 aromatic rings. The summed E-state index contributed by atoms with van der Waals surface area (Å²) in [5.41, 5.74) is 5.72. The summed E-state index contributed by atoms with van der Waals surface area (Å²) in [6.45, 7) is 4.56. The van der Waals surface area contributed by atoms with E-state index in [1.165, 1.54) is 25.7 Å². The van der Waals surface area contributed by atoms with Gasteiger partial charge in [-0.3, -0.25) is 9.59 Å². The molecule has 0 aliphatic heterocycles. The first kappa shape index (κ1) is 18.2. The molecule has 2 rings (SSSR count). The molecular formula is C15H28ClN3O2. The number of carbonyl (C=O) groups excluding carboxylic acids is 2.